The van der Waals surface area contributed by atoms with E-state index in [-0.39, 0.29) is 11.9 Å². The maximum absolute atomic E-state index is 11.2. The zero-order valence-corrected chi connectivity index (χ0v) is 14.1. The molecule has 1 atom stereocenters. The number of benzene rings is 1. The molecule has 0 bridgehead atoms. The minimum absolute atomic E-state index is 0.0592. The van der Waals surface area contributed by atoms with E-state index in [2.05, 4.69) is 25.7 Å². The summed E-state index contributed by atoms with van der Waals surface area (Å²) in [6, 6.07) is 10.2. The molecule has 0 saturated carbocycles. The zero-order chi connectivity index (χ0) is 16.8. The van der Waals surface area contributed by atoms with Crippen LogP contribution in [0.1, 0.15) is 32.0 Å². The van der Waals surface area contributed by atoms with Crippen molar-refractivity contribution in [2.45, 2.75) is 38.6 Å². The highest BCUT2D eigenvalue weighted by Crippen LogP contribution is 2.12. The van der Waals surface area contributed by atoms with Crippen LogP contribution in [-0.2, 0) is 11.2 Å². The number of para-hydroxylation sites is 1. The van der Waals surface area contributed by atoms with Crippen molar-refractivity contribution in [3.8, 4) is 5.69 Å². The van der Waals surface area contributed by atoms with E-state index in [1.165, 1.54) is 0 Å². The Morgan fingerprint density at radius 2 is 2.17 bits per heavy atom. The van der Waals surface area contributed by atoms with Crippen molar-refractivity contribution in [1.29, 1.82) is 0 Å². The van der Waals surface area contributed by atoms with Gasteiger partial charge in [-0.25, -0.2) is 0 Å². The lowest BCUT2D eigenvalue weighted by Gasteiger charge is -2.32. The van der Waals surface area contributed by atoms with Crippen LogP contribution in [0.2, 0.25) is 0 Å². The van der Waals surface area contributed by atoms with Gasteiger partial charge in [-0.15, -0.1) is 5.10 Å². The number of nitrogens with zero attached hydrogens (tertiary/aromatic N) is 5. The quantitative estimate of drug-likeness (QED) is 0.862. The lowest BCUT2D eigenvalue weighted by atomic mass is 10.1. The molecule has 1 aromatic heterocycles. The molecule has 1 amide bonds. The number of tetrazole rings is 1. The molecule has 0 aliphatic carbocycles. The molecule has 1 aromatic carbocycles. The van der Waals surface area contributed by atoms with Crippen LogP contribution in [0.25, 0.3) is 5.69 Å². The molecule has 1 fully saturated rings. The van der Waals surface area contributed by atoms with E-state index >= 15 is 0 Å². The normalized spacial score (nSPS) is 18.5. The van der Waals surface area contributed by atoms with Gasteiger partial charge in [0, 0.05) is 25.9 Å². The number of aryl methyl sites for hydroxylation is 1. The Hall–Kier alpha value is -2.28. The Balaban J connectivity index is 1.50. The molecule has 1 aliphatic rings. The summed E-state index contributed by atoms with van der Waals surface area (Å²) in [4.78, 5) is 13.6. The van der Waals surface area contributed by atoms with Crippen molar-refractivity contribution in [1.82, 2.24) is 30.4 Å². The number of carbonyl (C=O) groups is 1. The van der Waals surface area contributed by atoms with Crippen molar-refractivity contribution in [2.75, 3.05) is 19.6 Å². The Kier molecular flexibility index (Phi) is 5.53. The summed E-state index contributed by atoms with van der Waals surface area (Å²) >= 11 is 0. The summed E-state index contributed by atoms with van der Waals surface area (Å²) < 4.78 is 1.80. The van der Waals surface area contributed by atoms with Crippen molar-refractivity contribution >= 4 is 5.91 Å². The molecule has 1 unspecified atom stereocenters. The number of piperidine rings is 1. The summed E-state index contributed by atoms with van der Waals surface area (Å²) in [6.07, 6.45) is 4.04. The van der Waals surface area contributed by atoms with Crippen LogP contribution in [0.15, 0.2) is 30.3 Å². The minimum atomic E-state index is 0.0592. The number of hydrogen-bond acceptors (Lipinski definition) is 5. The van der Waals surface area contributed by atoms with E-state index in [1.807, 2.05) is 30.3 Å². The largest absolute Gasteiger partial charge is 0.352 e. The van der Waals surface area contributed by atoms with Gasteiger partial charge in [0.25, 0.3) is 0 Å². The van der Waals surface area contributed by atoms with Gasteiger partial charge in [-0.3, -0.25) is 4.79 Å². The standard InChI is InChI=1S/C17H24N6O/c1-14(24)18-15-7-5-11-22(13-15)12-6-10-17-19-20-21-23(17)16-8-3-2-4-9-16/h2-4,8-9,15H,5-7,10-13H2,1H3,(H,18,24). The van der Waals surface area contributed by atoms with Gasteiger partial charge in [0.1, 0.15) is 0 Å². The van der Waals surface area contributed by atoms with Gasteiger partial charge < -0.3 is 10.2 Å². The molecule has 128 valence electrons. The molecular weight excluding hydrogens is 304 g/mol. The lowest BCUT2D eigenvalue weighted by Crippen LogP contribution is -2.47. The van der Waals surface area contributed by atoms with Crippen molar-refractivity contribution < 1.29 is 4.79 Å². The number of amides is 1. The second-order valence-corrected chi connectivity index (χ2v) is 6.29. The molecular formula is C17H24N6O. The summed E-state index contributed by atoms with van der Waals surface area (Å²) in [5.74, 6) is 0.945. The van der Waals surface area contributed by atoms with Crippen molar-refractivity contribution in [3.63, 3.8) is 0 Å². The second kappa shape index (κ2) is 8.01. The van der Waals surface area contributed by atoms with Gasteiger partial charge in [0.05, 0.1) is 5.69 Å². The van der Waals surface area contributed by atoms with Crippen LogP contribution in [0, 0.1) is 0 Å². The average Bonchev–Trinajstić information content (AvgIpc) is 3.04. The Morgan fingerprint density at radius 3 is 2.96 bits per heavy atom. The molecule has 3 rings (SSSR count). The molecule has 7 nitrogen and oxygen atoms in total. The number of hydrogen-bond donors (Lipinski definition) is 1. The van der Waals surface area contributed by atoms with Crippen LogP contribution in [-0.4, -0.2) is 56.7 Å². The molecule has 1 N–H and O–H groups in total. The summed E-state index contributed by atoms with van der Waals surface area (Å²) in [5.41, 5.74) is 0.987. The van der Waals surface area contributed by atoms with E-state index in [9.17, 15) is 4.79 Å². The van der Waals surface area contributed by atoms with Gasteiger partial charge in [-0.1, -0.05) is 18.2 Å². The smallest absolute Gasteiger partial charge is 0.217 e. The molecule has 24 heavy (non-hydrogen) atoms. The van der Waals surface area contributed by atoms with E-state index in [0.29, 0.717) is 0 Å². The van der Waals surface area contributed by atoms with Crippen LogP contribution in [0.5, 0.6) is 0 Å². The maximum atomic E-state index is 11.2. The second-order valence-electron chi connectivity index (χ2n) is 6.29. The molecule has 2 heterocycles. The predicted octanol–water partition coefficient (Wildman–Crippen LogP) is 1.20. The molecule has 1 aliphatic heterocycles. The number of likely N-dealkylation sites (tertiary alicyclic amines) is 1. The predicted molar refractivity (Wildman–Crippen MR) is 90.8 cm³/mol. The highest BCUT2D eigenvalue weighted by molar-refractivity contribution is 5.73. The van der Waals surface area contributed by atoms with Crippen LogP contribution < -0.4 is 5.32 Å². The highest BCUT2D eigenvalue weighted by atomic mass is 16.1. The first kappa shape index (κ1) is 16.6. The fourth-order valence-corrected chi connectivity index (χ4v) is 3.26. The lowest BCUT2D eigenvalue weighted by molar-refractivity contribution is -0.120. The van der Waals surface area contributed by atoms with E-state index in [1.54, 1.807) is 11.6 Å². The Bertz CT molecular complexity index is 656. The zero-order valence-electron chi connectivity index (χ0n) is 14.1. The first-order chi connectivity index (χ1) is 11.7. The summed E-state index contributed by atoms with van der Waals surface area (Å²) in [5, 5.41) is 15.1. The first-order valence-corrected chi connectivity index (χ1v) is 8.54. The summed E-state index contributed by atoms with van der Waals surface area (Å²) in [6.45, 7) is 4.61. The number of rotatable bonds is 6. The monoisotopic (exact) mass is 328 g/mol. The van der Waals surface area contributed by atoms with Gasteiger partial charge in [-0.05, 0) is 54.9 Å². The van der Waals surface area contributed by atoms with E-state index in [4.69, 9.17) is 0 Å². The molecule has 1 saturated heterocycles. The number of nitrogens with one attached hydrogen (secondary N) is 1. The Labute approximate surface area is 142 Å². The molecule has 7 heteroatoms. The first-order valence-electron chi connectivity index (χ1n) is 8.54. The maximum Gasteiger partial charge on any atom is 0.217 e. The molecule has 0 spiro atoms. The Morgan fingerprint density at radius 1 is 1.33 bits per heavy atom. The van der Waals surface area contributed by atoms with Crippen LogP contribution in [0.3, 0.4) is 0 Å². The summed E-state index contributed by atoms with van der Waals surface area (Å²) in [7, 11) is 0. The number of aromatic nitrogens is 4. The highest BCUT2D eigenvalue weighted by Gasteiger charge is 2.20. The SMILES string of the molecule is CC(=O)NC1CCCN(CCCc2nnnn2-c2ccccc2)C1. The van der Waals surface area contributed by atoms with Gasteiger partial charge in [0.15, 0.2) is 5.82 Å². The number of carbonyl (C=O) groups excluding carboxylic acids is 1. The van der Waals surface area contributed by atoms with Crippen molar-refractivity contribution in [3.05, 3.63) is 36.2 Å². The topological polar surface area (TPSA) is 75.9 Å². The minimum Gasteiger partial charge on any atom is -0.352 e. The van der Waals surface area contributed by atoms with E-state index < -0.39 is 0 Å². The fraction of sp³-hybridized carbons (Fsp3) is 0.529. The van der Waals surface area contributed by atoms with Gasteiger partial charge in [0.2, 0.25) is 5.91 Å². The fourth-order valence-electron chi connectivity index (χ4n) is 3.26. The van der Waals surface area contributed by atoms with Gasteiger partial charge >= 0.3 is 0 Å². The van der Waals surface area contributed by atoms with Gasteiger partial charge in [-0.2, -0.15) is 4.68 Å². The van der Waals surface area contributed by atoms with Crippen LogP contribution in [0.4, 0.5) is 0 Å². The third-order valence-corrected chi connectivity index (χ3v) is 4.32. The average molecular weight is 328 g/mol. The molecule has 2 aromatic rings. The van der Waals surface area contributed by atoms with Crippen molar-refractivity contribution in [2.24, 2.45) is 0 Å². The third-order valence-electron chi connectivity index (χ3n) is 4.32. The van der Waals surface area contributed by atoms with E-state index in [0.717, 1.165) is 56.8 Å². The third kappa shape index (κ3) is 4.38. The van der Waals surface area contributed by atoms with Crippen LogP contribution >= 0.6 is 0 Å². The molecule has 0 radical (unpaired) electrons.